The monoisotopic (exact) mass is 757 g/mol. The first kappa shape index (κ1) is 39.8. The Labute approximate surface area is 313 Å². The standard InChI is InChI=1S/C41H36F5N5O4/c1-23-5-9-32(10-6-23)50(3)40(54)37(18-26-15-30(44)21-31(45)16-26)49-39(53)34-19-27(8-12-35(34)46)38(52)48-36(17-25-13-28(42)20-29(43)14-25)41(55)51(4)33-11-7-24(2)47-22-33/h5-16,19-22,36-37H,17-18H2,1-4H3,(H,48,52)(H,49,53)/t36-,37-/m0/s1. The zero-order chi connectivity index (χ0) is 40.0. The number of amides is 4. The van der Waals surface area contributed by atoms with Crippen molar-refractivity contribution in [2.24, 2.45) is 0 Å². The van der Waals surface area contributed by atoms with Gasteiger partial charge in [-0.25, -0.2) is 22.0 Å². The van der Waals surface area contributed by atoms with Crippen LogP contribution in [0.4, 0.5) is 33.3 Å². The lowest BCUT2D eigenvalue weighted by molar-refractivity contribution is -0.120. The Balaban J connectivity index is 1.42. The molecule has 0 saturated heterocycles. The quantitative estimate of drug-likeness (QED) is 0.143. The fourth-order valence-corrected chi connectivity index (χ4v) is 5.80. The molecular weight excluding hydrogens is 721 g/mol. The summed E-state index contributed by atoms with van der Waals surface area (Å²) in [6.07, 6.45) is 0.697. The van der Waals surface area contributed by atoms with E-state index >= 15 is 4.39 Å². The summed E-state index contributed by atoms with van der Waals surface area (Å²) in [7, 11) is 2.86. The summed E-state index contributed by atoms with van der Waals surface area (Å²) in [5, 5.41) is 4.97. The summed E-state index contributed by atoms with van der Waals surface area (Å²) in [6, 6.07) is 15.4. The highest BCUT2D eigenvalue weighted by atomic mass is 19.1. The SMILES string of the molecule is Cc1ccc(N(C)C(=O)[C@H](Cc2cc(F)cc(F)c2)NC(=O)c2cc(C(=O)N[C@@H](Cc3cc(F)cc(F)c3)C(=O)N(C)c3ccc(C)nc3)ccc2F)cc1. The Hall–Kier alpha value is -6.44. The number of carbonyl (C=O) groups excluding carboxylic acids is 4. The average Bonchev–Trinajstić information content (AvgIpc) is 3.13. The van der Waals surface area contributed by atoms with Gasteiger partial charge in [-0.05, 0) is 91.7 Å². The molecule has 55 heavy (non-hydrogen) atoms. The van der Waals surface area contributed by atoms with E-state index in [1.54, 1.807) is 43.3 Å². The van der Waals surface area contributed by atoms with Gasteiger partial charge >= 0.3 is 0 Å². The van der Waals surface area contributed by atoms with Gasteiger partial charge in [0.1, 0.15) is 41.2 Å². The van der Waals surface area contributed by atoms with E-state index in [0.717, 1.165) is 48.0 Å². The Morgan fingerprint density at radius 2 is 1.07 bits per heavy atom. The van der Waals surface area contributed by atoms with E-state index in [4.69, 9.17) is 0 Å². The van der Waals surface area contributed by atoms with Gasteiger partial charge in [-0.2, -0.15) is 0 Å². The molecule has 0 spiro atoms. The lowest BCUT2D eigenvalue weighted by Crippen LogP contribution is -2.49. The van der Waals surface area contributed by atoms with Crippen LogP contribution in [0.5, 0.6) is 0 Å². The smallest absolute Gasteiger partial charge is 0.254 e. The van der Waals surface area contributed by atoms with Gasteiger partial charge in [-0.1, -0.05) is 17.7 Å². The zero-order valence-electron chi connectivity index (χ0n) is 30.2. The Morgan fingerprint density at radius 1 is 0.600 bits per heavy atom. The normalized spacial score (nSPS) is 12.0. The fraction of sp³-hybridized carbons (Fsp3) is 0.195. The van der Waals surface area contributed by atoms with Crippen molar-refractivity contribution in [1.82, 2.24) is 15.6 Å². The molecule has 5 aromatic rings. The van der Waals surface area contributed by atoms with Crippen molar-refractivity contribution in [3.05, 3.63) is 160 Å². The molecular formula is C41H36F5N5O4. The lowest BCUT2D eigenvalue weighted by atomic mass is 10.0. The fourth-order valence-electron chi connectivity index (χ4n) is 5.80. The topological polar surface area (TPSA) is 112 Å². The molecule has 1 aromatic heterocycles. The van der Waals surface area contributed by atoms with Crippen molar-refractivity contribution in [3.8, 4) is 0 Å². The molecule has 2 atom stereocenters. The summed E-state index contributed by atoms with van der Waals surface area (Å²) >= 11 is 0. The van der Waals surface area contributed by atoms with Crippen LogP contribution in [0.25, 0.3) is 0 Å². The predicted octanol–water partition coefficient (Wildman–Crippen LogP) is 6.40. The van der Waals surface area contributed by atoms with Gasteiger partial charge in [0.2, 0.25) is 11.8 Å². The maximum Gasteiger partial charge on any atom is 0.254 e. The van der Waals surface area contributed by atoms with E-state index in [0.29, 0.717) is 29.2 Å². The molecule has 0 unspecified atom stereocenters. The van der Waals surface area contributed by atoms with Crippen molar-refractivity contribution < 1.29 is 41.1 Å². The van der Waals surface area contributed by atoms with E-state index in [1.165, 1.54) is 30.1 Å². The number of nitrogens with zero attached hydrogens (tertiary/aromatic N) is 3. The third kappa shape index (κ3) is 10.2. The second-order valence-electron chi connectivity index (χ2n) is 13.0. The first-order valence-corrected chi connectivity index (χ1v) is 16.9. The highest BCUT2D eigenvalue weighted by molar-refractivity contribution is 6.05. The van der Waals surface area contributed by atoms with Crippen LogP contribution in [0.15, 0.2) is 97.2 Å². The van der Waals surface area contributed by atoms with Crippen LogP contribution in [-0.2, 0) is 22.4 Å². The molecule has 9 nitrogen and oxygen atoms in total. The summed E-state index contributed by atoms with van der Waals surface area (Å²) in [4.78, 5) is 61.4. The van der Waals surface area contributed by atoms with E-state index < -0.39 is 70.4 Å². The summed E-state index contributed by atoms with van der Waals surface area (Å²) in [5.41, 5.74) is 1.54. The number of pyridine rings is 1. The van der Waals surface area contributed by atoms with Gasteiger partial charge in [0.25, 0.3) is 11.8 Å². The van der Waals surface area contributed by atoms with Crippen LogP contribution in [-0.4, -0.2) is 54.8 Å². The number of rotatable bonds is 12. The third-order valence-electron chi connectivity index (χ3n) is 8.77. The van der Waals surface area contributed by atoms with Crippen molar-refractivity contribution in [2.75, 3.05) is 23.9 Å². The first-order chi connectivity index (χ1) is 26.1. The molecule has 0 saturated carbocycles. The number of nitrogens with one attached hydrogen (secondary N) is 2. The van der Waals surface area contributed by atoms with E-state index in [1.807, 2.05) is 6.92 Å². The summed E-state index contributed by atoms with van der Waals surface area (Å²) in [6.45, 7) is 3.60. The zero-order valence-corrected chi connectivity index (χ0v) is 30.2. The van der Waals surface area contributed by atoms with Crippen LogP contribution in [0.1, 0.15) is 43.1 Å². The molecule has 0 bridgehead atoms. The number of aromatic nitrogens is 1. The molecule has 0 radical (unpaired) electrons. The van der Waals surface area contributed by atoms with E-state index in [9.17, 15) is 36.7 Å². The van der Waals surface area contributed by atoms with Crippen molar-refractivity contribution in [3.63, 3.8) is 0 Å². The number of halogens is 5. The summed E-state index contributed by atoms with van der Waals surface area (Å²) < 4.78 is 71.7. The van der Waals surface area contributed by atoms with Gasteiger partial charge in [0, 0.05) is 56.0 Å². The maximum absolute atomic E-state index is 15.3. The molecule has 0 aliphatic carbocycles. The van der Waals surface area contributed by atoms with Gasteiger partial charge in [-0.3, -0.25) is 24.2 Å². The molecule has 0 aliphatic heterocycles. The van der Waals surface area contributed by atoms with Gasteiger partial charge in [-0.15, -0.1) is 0 Å². The minimum Gasteiger partial charge on any atom is -0.340 e. The van der Waals surface area contributed by atoms with E-state index in [2.05, 4.69) is 15.6 Å². The number of anilines is 2. The lowest BCUT2D eigenvalue weighted by Gasteiger charge is -2.25. The minimum atomic E-state index is -1.46. The van der Waals surface area contributed by atoms with Crippen LogP contribution in [0, 0.1) is 42.9 Å². The number of aryl methyl sites for hydroxylation is 2. The molecule has 0 fully saturated rings. The molecule has 4 aromatic carbocycles. The predicted molar refractivity (Wildman–Crippen MR) is 196 cm³/mol. The first-order valence-electron chi connectivity index (χ1n) is 16.9. The molecule has 284 valence electrons. The highest BCUT2D eigenvalue weighted by Gasteiger charge is 2.30. The van der Waals surface area contributed by atoms with Crippen molar-refractivity contribution >= 4 is 35.0 Å². The molecule has 4 amide bonds. The highest BCUT2D eigenvalue weighted by Crippen LogP contribution is 2.20. The Morgan fingerprint density at radius 3 is 1.56 bits per heavy atom. The average molecular weight is 758 g/mol. The molecule has 5 rings (SSSR count). The van der Waals surface area contributed by atoms with Crippen molar-refractivity contribution in [1.29, 1.82) is 0 Å². The van der Waals surface area contributed by atoms with Gasteiger partial charge in [0.05, 0.1) is 17.4 Å². The number of benzene rings is 4. The molecule has 0 aliphatic rings. The molecule has 1 heterocycles. The minimum absolute atomic E-state index is 0.0299. The molecule has 2 N–H and O–H groups in total. The number of likely N-dealkylation sites (N-methyl/N-ethyl adjacent to an activating group) is 2. The number of hydrogen-bond donors (Lipinski definition) is 2. The Bertz CT molecular complexity index is 2190. The van der Waals surface area contributed by atoms with Crippen LogP contribution < -0.4 is 20.4 Å². The van der Waals surface area contributed by atoms with Crippen LogP contribution in [0.3, 0.4) is 0 Å². The number of carbonyl (C=O) groups is 4. The summed E-state index contributed by atoms with van der Waals surface area (Å²) in [5.74, 6) is -8.15. The second kappa shape index (κ2) is 17.1. The van der Waals surface area contributed by atoms with Crippen molar-refractivity contribution in [2.45, 2.75) is 38.8 Å². The van der Waals surface area contributed by atoms with E-state index in [-0.39, 0.29) is 29.5 Å². The third-order valence-corrected chi connectivity index (χ3v) is 8.77. The maximum atomic E-state index is 15.3. The largest absolute Gasteiger partial charge is 0.340 e. The van der Waals surface area contributed by atoms with Crippen LogP contribution in [0.2, 0.25) is 0 Å². The van der Waals surface area contributed by atoms with Gasteiger partial charge < -0.3 is 20.4 Å². The second-order valence-corrected chi connectivity index (χ2v) is 13.0. The Kier molecular flexibility index (Phi) is 12.4. The van der Waals surface area contributed by atoms with Gasteiger partial charge in [0.15, 0.2) is 0 Å². The molecule has 14 heteroatoms. The number of hydrogen-bond acceptors (Lipinski definition) is 5. The van der Waals surface area contributed by atoms with Crippen LogP contribution >= 0.6 is 0 Å².